The normalized spacial score (nSPS) is 10.7. The van der Waals surface area contributed by atoms with E-state index in [1.54, 1.807) is 12.3 Å². The molecule has 0 saturated heterocycles. The molecule has 0 amide bonds. The van der Waals surface area contributed by atoms with Crippen LogP contribution in [-0.2, 0) is 20.0 Å². The molecule has 0 unspecified atom stereocenters. The van der Waals surface area contributed by atoms with Gasteiger partial charge < -0.3 is 15.2 Å². The molecular formula is C14H19FN4. The Morgan fingerprint density at radius 1 is 1.42 bits per heavy atom. The Labute approximate surface area is 112 Å². The van der Waals surface area contributed by atoms with Gasteiger partial charge in [0.2, 0.25) is 0 Å². The molecule has 1 aromatic carbocycles. The minimum atomic E-state index is -0.220. The van der Waals surface area contributed by atoms with E-state index >= 15 is 0 Å². The van der Waals surface area contributed by atoms with E-state index in [1.165, 1.54) is 6.07 Å². The number of rotatable bonds is 5. The standard InChI is InChI=1S/C14H19FN4/c1-18-9-8-17-13(18)10-19(2)14-11(6-7-16)4-3-5-12(14)15/h3-5,8-9H,6-7,10,16H2,1-2H3. The lowest BCUT2D eigenvalue weighted by molar-refractivity contribution is 0.616. The first-order valence-corrected chi connectivity index (χ1v) is 6.28. The third-order valence-corrected chi connectivity index (χ3v) is 3.17. The molecule has 4 nitrogen and oxygen atoms in total. The Bertz CT molecular complexity index is 550. The SMILES string of the molecule is CN(Cc1nccn1C)c1c(F)cccc1CCN. The summed E-state index contributed by atoms with van der Waals surface area (Å²) >= 11 is 0. The number of aromatic nitrogens is 2. The first-order chi connectivity index (χ1) is 9.13. The molecule has 0 radical (unpaired) electrons. The van der Waals surface area contributed by atoms with Crippen molar-refractivity contribution in [1.82, 2.24) is 9.55 Å². The van der Waals surface area contributed by atoms with Crippen LogP contribution in [0.15, 0.2) is 30.6 Å². The molecule has 1 aromatic heterocycles. The Morgan fingerprint density at radius 2 is 2.21 bits per heavy atom. The number of nitrogens with two attached hydrogens (primary N) is 1. The molecule has 0 aliphatic heterocycles. The van der Waals surface area contributed by atoms with Gasteiger partial charge in [0, 0.05) is 26.5 Å². The van der Waals surface area contributed by atoms with Crippen molar-refractivity contribution < 1.29 is 4.39 Å². The second kappa shape index (κ2) is 5.84. The number of hydrogen-bond donors (Lipinski definition) is 1. The van der Waals surface area contributed by atoms with Crippen molar-refractivity contribution in [1.29, 1.82) is 0 Å². The van der Waals surface area contributed by atoms with Crippen LogP contribution < -0.4 is 10.6 Å². The van der Waals surface area contributed by atoms with E-state index in [1.807, 2.05) is 35.8 Å². The van der Waals surface area contributed by atoms with E-state index < -0.39 is 0 Å². The van der Waals surface area contributed by atoms with Crippen LogP contribution in [0.4, 0.5) is 10.1 Å². The highest BCUT2D eigenvalue weighted by atomic mass is 19.1. The monoisotopic (exact) mass is 262 g/mol. The van der Waals surface area contributed by atoms with E-state index in [4.69, 9.17) is 5.73 Å². The molecule has 0 aliphatic carbocycles. The molecule has 0 saturated carbocycles. The van der Waals surface area contributed by atoms with E-state index in [-0.39, 0.29) is 5.82 Å². The first-order valence-electron chi connectivity index (χ1n) is 6.28. The highest BCUT2D eigenvalue weighted by molar-refractivity contribution is 5.54. The zero-order chi connectivity index (χ0) is 13.8. The number of benzene rings is 1. The van der Waals surface area contributed by atoms with Crippen molar-refractivity contribution in [3.63, 3.8) is 0 Å². The maximum atomic E-state index is 14.0. The van der Waals surface area contributed by atoms with E-state index in [0.717, 1.165) is 11.4 Å². The lowest BCUT2D eigenvalue weighted by atomic mass is 10.1. The van der Waals surface area contributed by atoms with Gasteiger partial charge in [-0.2, -0.15) is 0 Å². The van der Waals surface area contributed by atoms with Crippen molar-refractivity contribution in [3.05, 3.63) is 47.8 Å². The molecule has 0 spiro atoms. The summed E-state index contributed by atoms with van der Waals surface area (Å²) in [6.45, 7) is 1.06. The third kappa shape index (κ3) is 2.93. The highest BCUT2D eigenvalue weighted by Gasteiger charge is 2.14. The van der Waals surface area contributed by atoms with Crippen LogP contribution >= 0.6 is 0 Å². The predicted octanol–water partition coefficient (Wildman–Crippen LogP) is 1.70. The number of anilines is 1. The minimum Gasteiger partial charge on any atom is -0.365 e. The van der Waals surface area contributed by atoms with Gasteiger partial charge in [-0.05, 0) is 24.6 Å². The number of aryl methyl sites for hydroxylation is 1. The van der Waals surface area contributed by atoms with E-state index in [2.05, 4.69) is 4.98 Å². The number of halogens is 1. The first kappa shape index (κ1) is 13.5. The molecule has 2 rings (SSSR count). The molecule has 0 atom stereocenters. The van der Waals surface area contributed by atoms with Crippen LogP contribution in [0.2, 0.25) is 0 Å². The number of imidazole rings is 1. The lowest BCUT2D eigenvalue weighted by Gasteiger charge is -2.22. The molecule has 2 aromatic rings. The van der Waals surface area contributed by atoms with Crippen LogP contribution in [0.25, 0.3) is 0 Å². The van der Waals surface area contributed by atoms with E-state index in [9.17, 15) is 4.39 Å². The fourth-order valence-corrected chi connectivity index (χ4v) is 2.18. The summed E-state index contributed by atoms with van der Waals surface area (Å²) in [5.41, 5.74) is 7.12. The van der Waals surface area contributed by atoms with Crippen molar-refractivity contribution >= 4 is 5.69 Å². The van der Waals surface area contributed by atoms with Crippen LogP contribution in [0.5, 0.6) is 0 Å². The third-order valence-electron chi connectivity index (χ3n) is 3.17. The number of hydrogen-bond acceptors (Lipinski definition) is 3. The molecule has 1 heterocycles. The second-order valence-electron chi connectivity index (χ2n) is 4.60. The summed E-state index contributed by atoms with van der Waals surface area (Å²) in [4.78, 5) is 6.14. The van der Waals surface area contributed by atoms with Gasteiger partial charge in [0.1, 0.15) is 11.6 Å². The molecule has 0 aliphatic rings. The summed E-state index contributed by atoms with van der Waals surface area (Å²) in [6.07, 6.45) is 4.29. The molecule has 19 heavy (non-hydrogen) atoms. The molecule has 0 bridgehead atoms. The van der Waals surface area contributed by atoms with Gasteiger partial charge in [0.15, 0.2) is 0 Å². The zero-order valence-electron chi connectivity index (χ0n) is 11.3. The summed E-state index contributed by atoms with van der Waals surface area (Å²) in [7, 11) is 3.80. The molecule has 2 N–H and O–H groups in total. The lowest BCUT2D eigenvalue weighted by Crippen LogP contribution is -2.22. The molecule has 102 valence electrons. The smallest absolute Gasteiger partial charge is 0.146 e. The Hall–Kier alpha value is -1.88. The van der Waals surface area contributed by atoms with Crippen LogP contribution in [0, 0.1) is 5.82 Å². The second-order valence-corrected chi connectivity index (χ2v) is 4.60. The Balaban J connectivity index is 2.27. The van der Waals surface area contributed by atoms with Crippen LogP contribution in [0.1, 0.15) is 11.4 Å². The number of para-hydroxylation sites is 1. The summed E-state index contributed by atoms with van der Waals surface area (Å²) in [5, 5.41) is 0. The van der Waals surface area contributed by atoms with E-state index in [0.29, 0.717) is 25.2 Å². The van der Waals surface area contributed by atoms with Gasteiger partial charge in [0.25, 0.3) is 0 Å². The quantitative estimate of drug-likeness (QED) is 0.892. The Morgan fingerprint density at radius 3 is 2.84 bits per heavy atom. The fraction of sp³-hybridized carbons (Fsp3) is 0.357. The summed E-state index contributed by atoms with van der Waals surface area (Å²) in [5.74, 6) is 0.673. The topological polar surface area (TPSA) is 47.1 Å². The molecular weight excluding hydrogens is 243 g/mol. The van der Waals surface area contributed by atoms with Crippen molar-refractivity contribution in [2.45, 2.75) is 13.0 Å². The average Bonchev–Trinajstić information content (AvgIpc) is 2.75. The maximum absolute atomic E-state index is 14.0. The molecule has 0 fully saturated rings. The van der Waals surface area contributed by atoms with Gasteiger partial charge in [-0.15, -0.1) is 0 Å². The summed E-state index contributed by atoms with van der Waals surface area (Å²) in [6, 6.07) is 5.11. The number of nitrogens with zero attached hydrogens (tertiary/aromatic N) is 3. The maximum Gasteiger partial charge on any atom is 0.146 e. The zero-order valence-corrected chi connectivity index (χ0v) is 11.3. The fourth-order valence-electron chi connectivity index (χ4n) is 2.18. The molecule has 5 heteroatoms. The van der Waals surface area contributed by atoms with Crippen molar-refractivity contribution in [2.24, 2.45) is 12.8 Å². The van der Waals surface area contributed by atoms with Gasteiger partial charge in [-0.3, -0.25) is 0 Å². The van der Waals surface area contributed by atoms with Crippen molar-refractivity contribution in [3.8, 4) is 0 Å². The van der Waals surface area contributed by atoms with Crippen LogP contribution in [-0.4, -0.2) is 23.1 Å². The Kier molecular flexibility index (Phi) is 4.16. The van der Waals surface area contributed by atoms with Gasteiger partial charge in [0.05, 0.1) is 12.2 Å². The van der Waals surface area contributed by atoms with Crippen LogP contribution in [0.3, 0.4) is 0 Å². The average molecular weight is 262 g/mol. The van der Waals surface area contributed by atoms with Gasteiger partial charge >= 0.3 is 0 Å². The predicted molar refractivity (Wildman–Crippen MR) is 74.5 cm³/mol. The van der Waals surface area contributed by atoms with Gasteiger partial charge in [-0.1, -0.05) is 12.1 Å². The van der Waals surface area contributed by atoms with Gasteiger partial charge in [-0.25, -0.2) is 9.37 Å². The highest BCUT2D eigenvalue weighted by Crippen LogP contribution is 2.25. The summed E-state index contributed by atoms with van der Waals surface area (Å²) < 4.78 is 16.0. The minimum absolute atomic E-state index is 0.220. The van der Waals surface area contributed by atoms with Crippen molar-refractivity contribution in [2.75, 3.05) is 18.5 Å². The largest absolute Gasteiger partial charge is 0.365 e.